The monoisotopic (exact) mass is 236 g/mol. The third kappa shape index (κ3) is 2.34. The summed E-state index contributed by atoms with van der Waals surface area (Å²) in [4.78, 5) is 18.2. The number of nitrogens with zero attached hydrogens (tertiary/aromatic N) is 3. The summed E-state index contributed by atoms with van der Waals surface area (Å²) in [5.41, 5.74) is 5.09. The molecule has 0 aromatic carbocycles. The Morgan fingerprint density at radius 3 is 2.65 bits per heavy atom. The van der Waals surface area contributed by atoms with E-state index in [1.807, 2.05) is 4.90 Å². The highest BCUT2D eigenvalue weighted by Crippen LogP contribution is 2.20. The molecular weight excluding hydrogens is 216 g/mol. The van der Waals surface area contributed by atoms with Crippen LogP contribution < -0.4 is 5.73 Å². The standard InChI is InChI=1S/C12H20N4O/c1-10-3-6-15(7-4-10)11(17)12(2,13)16-8-5-14-9-16/h5,8-10H,3-4,6-7,13H2,1-2H3/t12-/m0/s1. The minimum Gasteiger partial charge on any atom is -0.339 e. The molecule has 1 saturated heterocycles. The molecule has 0 saturated carbocycles. The van der Waals surface area contributed by atoms with Crippen molar-refractivity contribution < 1.29 is 4.79 Å². The largest absolute Gasteiger partial charge is 0.339 e. The molecule has 1 amide bonds. The maximum absolute atomic E-state index is 12.4. The molecule has 1 aliphatic heterocycles. The van der Waals surface area contributed by atoms with Gasteiger partial charge in [-0.3, -0.25) is 4.79 Å². The van der Waals surface area contributed by atoms with Crippen molar-refractivity contribution in [3.05, 3.63) is 18.7 Å². The van der Waals surface area contributed by atoms with Crippen LogP contribution in [0.2, 0.25) is 0 Å². The molecule has 2 heterocycles. The van der Waals surface area contributed by atoms with Crippen molar-refractivity contribution in [2.24, 2.45) is 11.7 Å². The van der Waals surface area contributed by atoms with E-state index in [9.17, 15) is 4.79 Å². The van der Waals surface area contributed by atoms with Crippen LogP contribution in [0.15, 0.2) is 18.7 Å². The van der Waals surface area contributed by atoms with Gasteiger partial charge in [-0.1, -0.05) is 6.92 Å². The van der Waals surface area contributed by atoms with Crippen molar-refractivity contribution in [3.8, 4) is 0 Å². The lowest BCUT2D eigenvalue weighted by molar-refractivity contribution is -0.141. The van der Waals surface area contributed by atoms with Gasteiger partial charge in [0, 0.05) is 25.5 Å². The number of hydrogen-bond donors (Lipinski definition) is 1. The van der Waals surface area contributed by atoms with Gasteiger partial charge in [0.05, 0.1) is 6.33 Å². The maximum atomic E-state index is 12.4. The van der Waals surface area contributed by atoms with E-state index >= 15 is 0 Å². The van der Waals surface area contributed by atoms with Gasteiger partial charge in [0.15, 0.2) is 5.66 Å². The Hall–Kier alpha value is -1.36. The second-order valence-electron chi connectivity index (χ2n) is 5.09. The smallest absolute Gasteiger partial charge is 0.263 e. The van der Waals surface area contributed by atoms with E-state index in [4.69, 9.17) is 5.73 Å². The Labute approximate surface area is 102 Å². The zero-order valence-electron chi connectivity index (χ0n) is 10.5. The number of piperidine rings is 1. The number of rotatable bonds is 2. The molecule has 0 unspecified atom stereocenters. The molecule has 0 radical (unpaired) electrons. The summed E-state index contributed by atoms with van der Waals surface area (Å²) in [7, 11) is 0. The van der Waals surface area contributed by atoms with Gasteiger partial charge in [0.1, 0.15) is 0 Å². The van der Waals surface area contributed by atoms with Crippen molar-refractivity contribution in [1.29, 1.82) is 0 Å². The number of carbonyl (C=O) groups is 1. The van der Waals surface area contributed by atoms with Crippen LogP contribution in [0.1, 0.15) is 26.7 Å². The molecule has 1 aliphatic rings. The fourth-order valence-corrected chi connectivity index (χ4v) is 2.18. The lowest BCUT2D eigenvalue weighted by atomic mass is 9.98. The molecule has 0 aliphatic carbocycles. The van der Waals surface area contributed by atoms with E-state index in [2.05, 4.69) is 11.9 Å². The molecule has 0 spiro atoms. The van der Waals surface area contributed by atoms with Crippen molar-refractivity contribution in [3.63, 3.8) is 0 Å². The van der Waals surface area contributed by atoms with Crippen LogP contribution >= 0.6 is 0 Å². The number of likely N-dealkylation sites (tertiary alicyclic amines) is 1. The quantitative estimate of drug-likeness (QED) is 0.825. The number of hydrogen-bond acceptors (Lipinski definition) is 3. The fraction of sp³-hybridized carbons (Fsp3) is 0.667. The predicted molar refractivity (Wildman–Crippen MR) is 65.0 cm³/mol. The van der Waals surface area contributed by atoms with E-state index in [0.717, 1.165) is 25.9 Å². The molecule has 5 nitrogen and oxygen atoms in total. The van der Waals surface area contributed by atoms with E-state index in [0.29, 0.717) is 5.92 Å². The third-order valence-electron chi connectivity index (χ3n) is 3.54. The van der Waals surface area contributed by atoms with Gasteiger partial charge in [-0.05, 0) is 25.7 Å². The van der Waals surface area contributed by atoms with E-state index in [1.165, 1.54) is 0 Å². The molecule has 1 aromatic rings. The van der Waals surface area contributed by atoms with Gasteiger partial charge < -0.3 is 15.2 Å². The minimum atomic E-state index is -1.03. The van der Waals surface area contributed by atoms with Gasteiger partial charge in [-0.15, -0.1) is 0 Å². The Balaban J connectivity index is 2.09. The van der Waals surface area contributed by atoms with Crippen molar-refractivity contribution >= 4 is 5.91 Å². The molecular formula is C12H20N4O. The Bertz CT molecular complexity index is 377. The van der Waals surface area contributed by atoms with Crippen LogP contribution in [0.4, 0.5) is 0 Å². The third-order valence-corrected chi connectivity index (χ3v) is 3.54. The van der Waals surface area contributed by atoms with Gasteiger partial charge in [-0.2, -0.15) is 0 Å². The summed E-state index contributed by atoms with van der Waals surface area (Å²) in [6.45, 7) is 5.57. The normalized spacial score (nSPS) is 21.2. The van der Waals surface area contributed by atoms with Crippen molar-refractivity contribution in [1.82, 2.24) is 14.5 Å². The first-order chi connectivity index (χ1) is 8.01. The SMILES string of the molecule is CC1CCN(C(=O)[C@@](C)(N)n2ccnc2)CC1. The highest BCUT2D eigenvalue weighted by atomic mass is 16.2. The van der Waals surface area contributed by atoms with Crippen molar-refractivity contribution in [2.75, 3.05) is 13.1 Å². The Morgan fingerprint density at radius 2 is 2.12 bits per heavy atom. The zero-order valence-corrected chi connectivity index (χ0v) is 10.5. The summed E-state index contributed by atoms with van der Waals surface area (Å²) in [6, 6.07) is 0. The van der Waals surface area contributed by atoms with Crippen LogP contribution in [0.3, 0.4) is 0 Å². The number of aromatic nitrogens is 2. The van der Waals surface area contributed by atoms with Crippen LogP contribution in [-0.2, 0) is 10.5 Å². The summed E-state index contributed by atoms with van der Waals surface area (Å²) in [6.07, 6.45) is 7.07. The molecule has 17 heavy (non-hydrogen) atoms. The molecule has 5 heteroatoms. The van der Waals surface area contributed by atoms with E-state index in [-0.39, 0.29) is 5.91 Å². The van der Waals surface area contributed by atoms with E-state index in [1.54, 1.807) is 30.2 Å². The molecule has 1 atom stereocenters. The summed E-state index contributed by atoms with van der Waals surface area (Å²) in [5.74, 6) is 0.679. The van der Waals surface area contributed by atoms with Crippen LogP contribution in [0, 0.1) is 5.92 Å². The highest BCUT2D eigenvalue weighted by Gasteiger charge is 2.35. The minimum absolute atomic E-state index is 0.0256. The molecule has 1 fully saturated rings. The number of carbonyl (C=O) groups excluding carboxylic acids is 1. The summed E-state index contributed by atoms with van der Waals surface area (Å²) < 4.78 is 1.66. The van der Waals surface area contributed by atoms with Gasteiger partial charge in [0.2, 0.25) is 0 Å². The Kier molecular flexibility index (Phi) is 3.19. The number of imidazole rings is 1. The van der Waals surface area contributed by atoms with Crippen LogP contribution in [0.25, 0.3) is 0 Å². The second-order valence-corrected chi connectivity index (χ2v) is 5.09. The lowest BCUT2D eigenvalue weighted by Gasteiger charge is -2.36. The number of amides is 1. The van der Waals surface area contributed by atoms with Crippen LogP contribution in [-0.4, -0.2) is 33.4 Å². The fourth-order valence-electron chi connectivity index (χ4n) is 2.18. The van der Waals surface area contributed by atoms with E-state index < -0.39 is 5.66 Å². The summed E-state index contributed by atoms with van der Waals surface area (Å²) >= 11 is 0. The van der Waals surface area contributed by atoms with Crippen LogP contribution in [0.5, 0.6) is 0 Å². The predicted octanol–water partition coefficient (Wildman–Crippen LogP) is 0.773. The average molecular weight is 236 g/mol. The second kappa shape index (κ2) is 4.49. The lowest BCUT2D eigenvalue weighted by Crippen LogP contribution is -2.55. The molecule has 0 bridgehead atoms. The highest BCUT2D eigenvalue weighted by molar-refractivity contribution is 5.83. The average Bonchev–Trinajstić information content (AvgIpc) is 2.83. The first-order valence-electron chi connectivity index (χ1n) is 6.08. The van der Waals surface area contributed by atoms with Gasteiger partial charge in [0.25, 0.3) is 5.91 Å². The topological polar surface area (TPSA) is 64.2 Å². The van der Waals surface area contributed by atoms with Gasteiger partial charge >= 0.3 is 0 Å². The zero-order chi connectivity index (χ0) is 12.5. The molecule has 2 N–H and O–H groups in total. The first-order valence-corrected chi connectivity index (χ1v) is 6.08. The first kappa shape index (κ1) is 12.1. The molecule has 94 valence electrons. The maximum Gasteiger partial charge on any atom is 0.263 e. The molecule has 1 aromatic heterocycles. The molecule has 2 rings (SSSR count). The van der Waals surface area contributed by atoms with Crippen molar-refractivity contribution in [2.45, 2.75) is 32.4 Å². The summed E-state index contributed by atoms with van der Waals surface area (Å²) in [5, 5.41) is 0. The van der Waals surface area contributed by atoms with Gasteiger partial charge in [-0.25, -0.2) is 4.98 Å². The Morgan fingerprint density at radius 1 is 1.47 bits per heavy atom. The number of nitrogens with two attached hydrogens (primary N) is 1.